The lowest BCUT2D eigenvalue weighted by Crippen LogP contribution is -2.47. The topological polar surface area (TPSA) is 75.2 Å². The molecule has 1 heterocycles. The van der Waals surface area contributed by atoms with Crippen LogP contribution in [-0.4, -0.2) is 62.7 Å². The number of ether oxygens (including phenoxy) is 2. The summed E-state index contributed by atoms with van der Waals surface area (Å²) in [5.74, 6) is 2.36. The number of carbonyl (C=O) groups is 1. The molecule has 0 bridgehead atoms. The van der Waals surface area contributed by atoms with E-state index in [9.17, 15) is 4.79 Å². The summed E-state index contributed by atoms with van der Waals surface area (Å²) >= 11 is 0. The van der Waals surface area contributed by atoms with Gasteiger partial charge in [-0.1, -0.05) is 19.1 Å². The van der Waals surface area contributed by atoms with Crippen molar-refractivity contribution < 1.29 is 14.3 Å². The fraction of sp³-hybridized carbons (Fsp3) is 0.579. The van der Waals surface area contributed by atoms with Crippen LogP contribution in [0, 0.1) is 0 Å². The van der Waals surface area contributed by atoms with Crippen LogP contribution in [0.2, 0.25) is 0 Å². The molecule has 0 aliphatic carbocycles. The van der Waals surface area contributed by atoms with Gasteiger partial charge in [-0.2, -0.15) is 0 Å². The number of hydrogen-bond donors (Lipinski definition) is 2. The average molecular weight is 490 g/mol. The molecule has 0 spiro atoms. The van der Waals surface area contributed by atoms with Crippen LogP contribution in [0.3, 0.4) is 0 Å². The Balaban J connectivity index is 0.00000364. The van der Waals surface area contributed by atoms with Gasteiger partial charge in [0.25, 0.3) is 0 Å². The third-order valence-corrected chi connectivity index (χ3v) is 4.36. The molecule has 2 rings (SSSR count). The number of nitrogens with one attached hydrogen (secondary N) is 2. The lowest BCUT2D eigenvalue weighted by atomic mass is 10.3. The van der Waals surface area contributed by atoms with E-state index in [0.29, 0.717) is 18.7 Å². The number of para-hydroxylation sites is 2. The van der Waals surface area contributed by atoms with Crippen LogP contribution in [0.1, 0.15) is 26.7 Å². The number of rotatable bonds is 7. The molecule has 1 aliphatic rings. The van der Waals surface area contributed by atoms with Gasteiger partial charge in [-0.15, -0.1) is 24.0 Å². The first-order valence-corrected chi connectivity index (χ1v) is 9.12. The van der Waals surface area contributed by atoms with E-state index in [1.807, 2.05) is 43.0 Å². The highest BCUT2D eigenvalue weighted by atomic mass is 127. The van der Waals surface area contributed by atoms with Gasteiger partial charge < -0.3 is 25.0 Å². The van der Waals surface area contributed by atoms with Crippen molar-refractivity contribution in [2.75, 3.05) is 33.8 Å². The number of likely N-dealkylation sites (tertiary alicyclic amines) is 1. The SMILES string of the molecule is CCC(=O)N1CCC(NC(=NC)NCC(C)Oc2ccccc2OC)C1.I. The molecule has 152 valence electrons. The van der Waals surface area contributed by atoms with Crippen molar-refractivity contribution in [3.63, 3.8) is 0 Å². The minimum Gasteiger partial charge on any atom is -0.493 e. The third-order valence-electron chi connectivity index (χ3n) is 4.36. The van der Waals surface area contributed by atoms with Crippen LogP contribution < -0.4 is 20.1 Å². The Morgan fingerprint density at radius 3 is 2.70 bits per heavy atom. The first kappa shape index (κ1) is 23.3. The number of methoxy groups -OCH3 is 1. The average Bonchev–Trinajstić information content (AvgIpc) is 3.13. The quantitative estimate of drug-likeness (QED) is 0.349. The number of amides is 1. The molecule has 27 heavy (non-hydrogen) atoms. The van der Waals surface area contributed by atoms with Crippen LogP contribution in [0.4, 0.5) is 0 Å². The fourth-order valence-corrected chi connectivity index (χ4v) is 2.93. The molecule has 1 amide bonds. The molecule has 0 radical (unpaired) electrons. The van der Waals surface area contributed by atoms with Crippen LogP contribution in [-0.2, 0) is 4.79 Å². The molecular formula is C19H31IN4O3. The largest absolute Gasteiger partial charge is 0.493 e. The van der Waals surface area contributed by atoms with Crippen molar-refractivity contribution in [1.82, 2.24) is 15.5 Å². The Labute approximate surface area is 178 Å². The zero-order valence-corrected chi connectivity index (χ0v) is 18.9. The van der Waals surface area contributed by atoms with Gasteiger partial charge in [0.15, 0.2) is 17.5 Å². The second kappa shape index (κ2) is 11.9. The van der Waals surface area contributed by atoms with Crippen molar-refractivity contribution in [1.29, 1.82) is 0 Å². The Hall–Kier alpha value is -1.71. The number of nitrogens with zero attached hydrogens (tertiary/aromatic N) is 2. The summed E-state index contributed by atoms with van der Waals surface area (Å²) in [5.41, 5.74) is 0. The maximum absolute atomic E-state index is 11.8. The van der Waals surface area contributed by atoms with E-state index < -0.39 is 0 Å². The summed E-state index contributed by atoms with van der Waals surface area (Å²) < 4.78 is 11.2. The van der Waals surface area contributed by atoms with Crippen molar-refractivity contribution >= 4 is 35.8 Å². The zero-order chi connectivity index (χ0) is 18.9. The molecular weight excluding hydrogens is 459 g/mol. The Morgan fingerprint density at radius 1 is 1.37 bits per heavy atom. The van der Waals surface area contributed by atoms with E-state index in [1.54, 1.807) is 14.2 Å². The molecule has 0 saturated carbocycles. The van der Waals surface area contributed by atoms with E-state index in [1.165, 1.54) is 0 Å². The summed E-state index contributed by atoms with van der Waals surface area (Å²) in [6, 6.07) is 7.82. The van der Waals surface area contributed by atoms with E-state index >= 15 is 0 Å². The standard InChI is InChI=1S/C19H30N4O3.HI/c1-5-18(24)23-11-10-15(13-23)22-19(20-3)21-12-14(2)26-17-9-7-6-8-16(17)25-4;/h6-9,14-15H,5,10-13H2,1-4H3,(H2,20,21,22);1H. The summed E-state index contributed by atoms with van der Waals surface area (Å²) in [6.07, 6.45) is 1.42. The molecule has 2 N–H and O–H groups in total. The second-order valence-electron chi connectivity index (χ2n) is 6.36. The van der Waals surface area contributed by atoms with Crippen LogP contribution in [0.5, 0.6) is 11.5 Å². The lowest BCUT2D eigenvalue weighted by Gasteiger charge is -2.21. The summed E-state index contributed by atoms with van der Waals surface area (Å²) in [6.45, 7) is 6.01. The molecule has 1 aromatic carbocycles. The predicted octanol–water partition coefficient (Wildman–Crippen LogP) is 2.26. The Kier molecular flexibility index (Phi) is 10.3. The molecule has 1 saturated heterocycles. The predicted molar refractivity (Wildman–Crippen MR) is 118 cm³/mol. The van der Waals surface area contributed by atoms with Gasteiger partial charge in [-0.3, -0.25) is 9.79 Å². The number of halogens is 1. The highest BCUT2D eigenvalue weighted by molar-refractivity contribution is 14.0. The first-order chi connectivity index (χ1) is 12.6. The maximum atomic E-state index is 11.8. The van der Waals surface area contributed by atoms with Crippen LogP contribution in [0.15, 0.2) is 29.3 Å². The number of guanidine groups is 1. The highest BCUT2D eigenvalue weighted by Crippen LogP contribution is 2.26. The molecule has 1 aliphatic heterocycles. The molecule has 2 unspecified atom stereocenters. The highest BCUT2D eigenvalue weighted by Gasteiger charge is 2.25. The molecule has 2 atom stereocenters. The van der Waals surface area contributed by atoms with Gasteiger partial charge >= 0.3 is 0 Å². The van der Waals surface area contributed by atoms with Crippen molar-refractivity contribution in [2.45, 2.75) is 38.8 Å². The normalized spacial score (nSPS) is 17.7. The van der Waals surface area contributed by atoms with Crippen molar-refractivity contribution in [3.8, 4) is 11.5 Å². The minimum atomic E-state index is -0.0633. The molecule has 8 heteroatoms. The molecule has 1 aromatic rings. The molecule has 0 aromatic heterocycles. The fourth-order valence-electron chi connectivity index (χ4n) is 2.93. The number of aliphatic imine (C=N–C) groups is 1. The number of hydrogen-bond acceptors (Lipinski definition) is 4. The van der Waals surface area contributed by atoms with Gasteiger partial charge in [-0.25, -0.2) is 0 Å². The first-order valence-electron chi connectivity index (χ1n) is 9.12. The maximum Gasteiger partial charge on any atom is 0.222 e. The summed E-state index contributed by atoms with van der Waals surface area (Å²) in [4.78, 5) is 17.9. The van der Waals surface area contributed by atoms with Crippen LogP contribution >= 0.6 is 24.0 Å². The van der Waals surface area contributed by atoms with Gasteiger partial charge in [0.05, 0.1) is 13.7 Å². The zero-order valence-electron chi connectivity index (χ0n) is 16.5. The lowest BCUT2D eigenvalue weighted by molar-refractivity contribution is -0.129. The van der Waals surface area contributed by atoms with Crippen LogP contribution in [0.25, 0.3) is 0 Å². The van der Waals surface area contributed by atoms with E-state index in [-0.39, 0.29) is 42.0 Å². The van der Waals surface area contributed by atoms with E-state index in [0.717, 1.165) is 31.2 Å². The van der Waals surface area contributed by atoms with E-state index in [4.69, 9.17) is 9.47 Å². The van der Waals surface area contributed by atoms with Gasteiger partial charge in [-0.05, 0) is 25.5 Å². The Bertz CT molecular complexity index is 627. The van der Waals surface area contributed by atoms with Gasteiger partial charge in [0.2, 0.25) is 5.91 Å². The monoisotopic (exact) mass is 490 g/mol. The van der Waals surface area contributed by atoms with Gasteiger partial charge in [0.1, 0.15) is 6.10 Å². The number of benzene rings is 1. The second-order valence-corrected chi connectivity index (χ2v) is 6.36. The summed E-state index contributed by atoms with van der Waals surface area (Å²) in [7, 11) is 3.37. The number of carbonyl (C=O) groups excluding carboxylic acids is 1. The smallest absolute Gasteiger partial charge is 0.222 e. The van der Waals surface area contributed by atoms with Gasteiger partial charge in [0, 0.05) is 32.6 Å². The third kappa shape index (κ3) is 7.08. The van der Waals surface area contributed by atoms with E-state index in [2.05, 4.69) is 15.6 Å². The molecule has 7 nitrogen and oxygen atoms in total. The summed E-state index contributed by atoms with van der Waals surface area (Å²) in [5, 5.41) is 6.66. The van der Waals surface area contributed by atoms with Crippen molar-refractivity contribution in [3.05, 3.63) is 24.3 Å². The minimum absolute atomic E-state index is 0. The molecule has 1 fully saturated rings. The van der Waals surface area contributed by atoms with Crippen molar-refractivity contribution in [2.24, 2.45) is 4.99 Å². The Morgan fingerprint density at radius 2 is 2.07 bits per heavy atom.